The highest BCUT2D eigenvalue weighted by Crippen LogP contribution is 2.30. The van der Waals surface area contributed by atoms with Crippen molar-refractivity contribution in [3.63, 3.8) is 0 Å². The molecule has 1 aliphatic heterocycles. The third-order valence-electron chi connectivity index (χ3n) is 9.69. The van der Waals surface area contributed by atoms with E-state index >= 15 is 0 Å². The van der Waals surface area contributed by atoms with Gasteiger partial charge in [0, 0.05) is 50.9 Å². The molecule has 0 N–H and O–H groups in total. The molecule has 2 unspecified atom stereocenters. The largest absolute Gasteiger partial charge is 0.449 e. The molecule has 0 spiro atoms. The summed E-state index contributed by atoms with van der Waals surface area (Å²) in [5, 5.41) is 0. The lowest BCUT2D eigenvalue weighted by Gasteiger charge is -2.41. The van der Waals surface area contributed by atoms with Crippen molar-refractivity contribution in [2.75, 3.05) is 39.8 Å². The van der Waals surface area contributed by atoms with Crippen LogP contribution in [0.4, 0.5) is 4.79 Å². The van der Waals surface area contributed by atoms with E-state index in [1.165, 1.54) is 44.9 Å². The van der Waals surface area contributed by atoms with E-state index in [0.29, 0.717) is 30.5 Å². The Hall–Kier alpha value is -2.86. The van der Waals surface area contributed by atoms with Crippen LogP contribution < -0.4 is 0 Å². The van der Waals surface area contributed by atoms with Crippen LogP contribution >= 0.6 is 0 Å². The quantitative estimate of drug-likeness (QED) is 0.298. The van der Waals surface area contributed by atoms with E-state index in [1.54, 1.807) is 0 Å². The van der Waals surface area contributed by atoms with Gasteiger partial charge < -0.3 is 19.4 Å². The summed E-state index contributed by atoms with van der Waals surface area (Å²) in [6.45, 7) is 6.73. The van der Waals surface area contributed by atoms with Crippen molar-refractivity contribution in [2.45, 2.75) is 96.1 Å². The maximum Gasteiger partial charge on any atom is 0.410 e. The number of hydrogen-bond donors (Lipinski definition) is 0. The summed E-state index contributed by atoms with van der Waals surface area (Å²) in [5.41, 5.74) is 0.781. The Kier molecular flexibility index (Phi) is 13.9. The molecule has 2 aromatic carbocycles. The van der Waals surface area contributed by atoms with Crippen LogP contribution in [0.2, 0.25) is 0 Å². The van der Waals surface area contributed by atoms with Crippen molar-refractivity contribution in [2.24, 2.45) is 11.8 Å². The molecular weight excluding hydrogens is 534 g/mol. The lowest BCUT2D eigenvalue weighted by atomic mass is 9.84. The minimum atomic E-state index is -0.0906. The predicted octanol–water partition coefficient (Wildman–Crippen LogP) is 7.90. The van der Waals surface area contributed by atoms with Crippen LogP contribution in [0.3, 0.4) is 0 Å². The molecule has 6 nitrogen and oxygen atoms in total. The van der Waals surface area contributed by atoms with E-state index in [-0.39, 0.29) is 12.0 Å². The molecule has 1 saturated heterocycles. The standard InChI is InChI=1S/C31H49N3O3.C6H6/c1-3-19-34(31(36)37-24-25-11-6-4-7-12-25)28-17-20-33(21-18-28)23-26-13-10-16-29(22-26)32(2)30(35)27-14-8-5-9-15-27;1-2-4-6-5-3-1/h5,8-9,14-15,25-26,28-29H,3-4,6-7,10-13,16-24H2,1-2H3;1-6H. The topological polar surface area (TPSA) is 53.1 Å². The van der Waals surface area contributed by atoms with Crippen molar-refractivity contribution in [3.8, 4) is 0 Å². The normalized spacial score (nSPS) is 21.7. The number of nitrogens with zero attached hydrogens (tertiary/aromatic N) is 3. The summed E-state index contributed by atoms with van der Waals surface area (Å²) in [6.07, 6.45) is 13.9. The number of carbonyl (C=O) groups excluding carboxylic acids is 2. The van der Waals surface area contributed by atoms with Gasteiger partial charge in [-0.05, 0) is 75.3 Å². The molecule has 2 aliphatic carbocycles. The van der Waals surface area contributed by atoms with Gasteiger partial charge in [-0.2, -0.15) is 0 Å². The summed E-state index contributed by atoms with van der Waals surface area (Å²) in [6, 6.07) is 22.3. The molecule has 2 saturated carbocycles. The van der Waals surface area contributed by atoms with Gasteiger partial charge in [0.15, 0.2) is 0 Å². The molecule has 3 fully saturated rings. The van der Waals surface area contributed by atoms with Crippen molar-refractivity contribution >= 4 is 12.0 Å². The first-order valence-corrected chi connectivity index (χ1v) is 17.0. The molecule has 43 heavy (non-hydrogen) atoms. The van der Waals surface area contributed by atoms with Crippen LogP contribution in [0.1, 0.15) is 94.3 Å². The highest BCUT2D eigenvalue weighted by molar-refractivity contribution is 5.94. The van der Waals surface area contributed by atoms with Gasteiger partial charge in [0.2, 0.25) is 0 Å². The van der Waals surface area contributed by atoms with Gasteiger partial charge in [-0.3, -0.25) is 4.79 Å². The molecular formula is C37H55N3O3. The van der Waals surface area contributed by atoms with Gasteiger partial charge in [-0.1, -0.05) is 87.2 Å². The minimum absolute atomic E-state index is 0.0906. The molecule has 2 aromatic rings. The number of hydrogen-bond acceptors (Lipinski definition) is 4. The first-order valence-electron chi connectivity index (χ1n) is 17.0. The molecule has 0 radical (unpaired) electrons. The second kappa shape index (κ2) is 18.1. The number of benzene rings is 2. The van der Waals surface area contributed by atoms with E-state index in [0.717, 1.165) is 63.8 Å². The Morgan fingerprint density at radius 1 is 0.767 bits per heavy atom. The first-order chi connectivity index (χ1) is 21.0. The third-order valence-corrected chi connectivity index (χ3v) is 9.69. The maximum atomic E-state index is 13.0. The summed E-state index contributed by atoms with van der Waals surface area (Å²) < 4.78 is 5.82. The Bertz CT molecular complexity index is 1020. The fraction of sp³-hybridized carbons (Fsp3) is 0.622. The average Bonchev–Trinajstić information content (AvgIpc) is 3.08. The summed E-state index contributed by atoms with van der Waals surface area (Å²) in [7, 11) is 1.98. The summed E-state index contributed by atoms with van der Waals surface area (Å²) in [5.74, 6) is 1.33. The number of piperidine rings is 1. The lowest BCUT2D eigenvalue weighted by Crippen LogP contribution is -2.49. The van der Waals surface area contributed by atoms with Crippen LogP contribution in [0.5, 0.6) is 0 Å². The van der Waals surface area contributed by atoms with Crippen LogP contribution in [0.25, 0.3) is 0 Å². The molecule has 0 aromatic heterocycles. The molecule has 2 amide bonds. The second-order valence-electron chi connectivity index (χ2n) is 12.9. The van der Waals surface area contributed by atoms with E-state index in [1.807, 2.05) is 83.6 Å². The maximum absolute atomic E-state index is 13.0. The second-order valence-corrected chi connectivity index (χ2v) is 12.9. The van der Waals surface area contributed by atoms with E-state index < -0.39 is 0 Å². The van der Waals surface area contributed by atoms with Gasteiger partial charge in [0.05, 0.1) is 6.61 Å². The molecule has 3 aliphatic rings. The van der Waals surface area contributed by atoms with Gasteiger partial charge in [-0.25, -0.2) is 4.79 Å². The minimum Gasteiger partial charge on any atom is -0.449 e. The monoisotopic (exact) mass is 589 g/mol. The Morgan fingerprint density at radius 2 is 1.37 bits per heavy atom. The van der Waals surface area contributed by atoms with Crippen LogP contribution in [0, 0.1) is 11.8 Å². The Morgan fingerprint density at radius 3 is 2.00 bits per heavy atom. The zero-order chi connectivity index (χ0) is 30.3. The highest BCUT2D eigenvalue weighted by Gasteiger charge is 2.32. The molecule has 5 rings (SSSR count). The number of likely N-dealkylation sites (tertiary alicyclic amines) is 1. The molecule has 6 heteroatoms. The van der Waals surface area contributed by atoms with Crippen LogP contribution in [0.15, 0.2) is 66.7 Å². The Balaban J connectivity index is 0.000000628. The predicted molar refractivity (Wildman–Crippen MR) is 175 cm³/mol. The fourth-order valence-electron chi connectivity index (χ4n) is 7.18. The van der Waals surface area contributed by atoms with Gasteiger partial charge in [0.1, 0.15) is 0 Å². The van der Waals surface area contributed by atoms with Crippen molar-refractivity contribution in [1.82, 2.24) is 14.7 Å². The highest BCUT2D eigenvalue weighted by atomic mass is 16.6. The molecule has 236 valence electrons. The van der Waals surface area contributed by atoms with E-state index in [4.69, 9.17) is 4.74 Å². The number of carbonyl (C=O) groups is 2. The van der Waals surface area contributed by atoms with Crippen LogP contribution in [-0.4, -0.2) is 78.6 Å². The summed E-state index contributed by atoms with van der Waals surface area (Å²) >= 11 is 0. The Labute approximate surface area is 260 Å². The van der Waals surface area contributed by atoms with E-state index in [2.05, 4.69) is 11.8 Å². The summed E-state index contributed by atoms with van der Waals surface area (Å²) in [4.78, 5) is 32.6. The van der Waals surface area contributed by atoms with Crippen molar-refractivity contribution in [1.29, 1.82) is 0 Å². The molecule has 1 heterocycles. The first kappa shape index (κ1) is 33.0. The SMILES string of the molecule is CCCN(C(=O)OCC1CCCCC1)C1CCN(CC2CCCC(N(C)C(=O)c3ccccc3)C2)CC1.c1ccccc1. The number of amides is 2. The van der Waals surface area contributed by atoms with Crippen LogP contribution in [-0.2, 0) is 4.74 Å². The number of ether oxygens (including phenoxy) is 1. The van der Waals surface area contributed by atoms with Gasteiger partial charge >= 0.3 is 6.09 Å². The molecule has 2 atom stereocenters. The van der Waals surface area contributed by atoms with Gasteiger partial charge in [-0.15, -0.1) is 0 Å². The van der Waals surface area contributed by atoms with Crippen molar-refractivity contribution in [3.05, 3.63) is 72.3 Å². The zero-order valence-corrected chi connectivity index (χ0v) is 26.7. The van der Waals surface area contributed by atoms with E-state index in [9.17, 15) is 9.59 Å². The average molecular weight is 590 g/mol. The fourth-order valence-corrected chi connectivity index (χ4v) is 7.18. The molecule has 0 bridgehead atoms. The number of rotatable bonds is 9. The van der Waals surface area contributed by atoms with Gasteiger partial charge in [0.25, 0.3) is 5.91 Å². The zero-order valence-electron chi connectivity index (χ0n) is 26.7. The van der Waals surface area contributed by atoms with Crippen molar-refractivity contribution < 1.29 is 14.3 Å². The third kappa shape index (κ3) is 10.7. The lowest BCUT2D eigenvalue weighted by molar-refractivity contribution is 0.0454. The smallest absolute Gasteiger partial charge is 0.410 e.